The van der Waals surface area contributed by atoms with Crippen molar-refractivity contribution in [2.45, 2.75) is 4.90 Å². The van der Waals surface area contributed by atoms with Gasteiger partial charge in [0.1, 0.15) is 0 Å². The zero-order valence-corrected chi connectivity index (χ0v) is 13.0. The van der Waals surface area contributed by atoms with Gasteiger partial charge in [-0.2, -0.15) is 19.3 Å². The van der Waals surface area contributed by atoms with Crippen molar-refractivity contribution < 1.29 is 13.2 Å². The van der Waals surface area contributed by atoms with Crippen molar-refractivity contribution in [2.75, 3.05) is 37.8 Å². The highest BCUT2D eigenvalue weighted by molar-refractivity contribution is 7.89. The van der Waals surface area contributed by atoms with Crippen molar-refractivity contribution in [3.8, 4) is 11.4 Å². The SMILES string of the molecule is Nc1nc(N)nc(-c2ccc(S(=O)(=O)N3CCOCC3)cc2)n1. The fourth-order valence-electron chi connectivity index (χ4n) is 2.25. The molecule has 1 aliphatic rings. The molecule has 23 heavy (non-hydrogen) atoms. The van der Waals surface area contributed by atoms with Gasteiger partial charge in [0.05, 0.1) is 18.1 Å². The third kappa shape index (κ3) is 3.23. The predicted octanol–water partition coefficient (Wildman–Crippen LogP) is -0.276. The first-order chi connectivity index (χ1) is 11.0. The molecule has 10 heteroatoms. The van der Waals surface area contributed by atoms with Crippen LogP contribution in [0.2, 0.25) is 0 Å². The molecule has 0 radical (unpaired) electrons. The minimum Gasteiger partial charge on any atom is -0.379 e. The van der Waals surface area contributed by atoms with Gasteiger partial charge in [0, 0.05) is 18.7 Å². The van der Waals surface area contributed by atoms with Crippen LogP contribution in [0, 0.1) is 0 Å². The Hall–Kier alpha value is -2.30. The van der Waals surface area contributed by atoms with E-state index in [4.69, 9.17) is 16.2 Å². The van der Waals surface area contributed by atoms with Crippen molar-refractivity contribution in [2.24, 2.45) is 0 Å². The van der Waals surface area contributed by atoms with Crippen molar-refractivity contribution in [1.82, 2.24) is 19.3 Å². The highest BCUT2D eigenvalue weighted by atomic mass is 32.2. The van der Waals surface area contributed by atoms with E-state index >= 15 is 0 Å². The number of aromatic nitrogens is 3. The van der Waals surface area contributed by atoms with E-state index in [2.05, 4.69) is 15.0 Å². The number of hydrogen-bond acceptors (Lipinski definition) is 8. The first kappa shape index (κ1) is 15.6. The van der Waals surface area contributed by atoms with Gasteiger partial charge in [0.2, 0.25) is 21.9 Å². The molecule has 0 bridgehead atoms. The van der Waals surface area contributed by atoms with Gasteiger partial charge in [0.15, 0.2) is 5.82 Å². The second kappa shape index (κ2) is 6.07. The lowest BCUT2D eigenvalue weighted by Gasteiger charge is -2.26. The number of nitrogens with zero attached hydrogens (tertiary/aromatic N) is 4. The van der Waals surface area contributed by atoms with Crippen LogP contribution in [0.5, 0.6) is 0 Å². The smallest absolute Gasteiger partial charge is 0.243 e. The van der Waals surface area contributed by atoms with E-state index in [0.717, 1.165) is 0 Å². The Bertz CT molecular complexity index is 783. The number of nitrogen functional groups attached to an aromatic ring is 2. The van der Waals surface area contributed by atoms with E-state index in [1.807, 2.05) is 0 Å². The van der Waals surface area contributed by atoms with E-state index < -0.39 is 10.0 Å². The van der Waals surface area contributed by atoms with Gasteiger partial charge in [0.25, 0.3) is 0 Å². The van der Waals surface area contributed by atoms with E-state index in [-0.39, 0.29) is 16.8 Å². The largest absolute Gasteiger partial charge is 0.379 e. The average Bonchev–Trinajstić information content (AvgIpc) is 2.55. The van der Waals surface area contributed by atoms with Crippen LogP contribution < -0.4 is 11.5 Å². The Kier molecular flexibility index (Phi) is 4.11. The van der Waals surface area contributed by atoms with Gasteiger partial charge in [-0.15, -0.1) is 0 Å². The van der Waals surface area contributed by atoms with E-state index in [9.17, 15) is 8.42 Å². The Balaban J connectivity index is 1.89. The minimum absolute atomic E-state index is 0.0116. The molecule has 1 aliphatic heterocycles. The number of anilines is 2. The molecule has 0 atom stereocenters. The van der Waals surface area contributed by atoms with Crippen molar-refractivity contribution >= 4 is 21.9 Å². The Labute approximate surface area is 133 Å². The van der Waals surface area contributed by atoms with Crippen molar-refractivity contribution in [1.29, 1.82) is 0 Å². The van der Waals surface area contributed by atoms with Crippen LogP contribution in [0.4, 0.5) is 11.9 Å². The molecule has 1 saturated heterocycles. The zero-order valence-electron chi connectivity index (χ0n) is 12.2. The molecular formula is C13H16N6O3S. The Morgan fingerprint density at radius 2 is 1.52 bits per heavy atom. The molecule has 3 rings (SSSR count). The summed E-state index contributed by atoms with van der Waals surface area (Å²) in [7, 11) is -3.53. The summed E-state index contributed by atoms with van der Waals surface area (Å²) in [5.74, 6) is 0.320. The lowest BCUT2D eigenvalue weighted by Crippen LogP contribution is -2.40. The third-order valence-corrected chi connectivity index (χ3v) is 5.30. The van der Waals surface area contributed by atoms with Crippen LogP contribution in [0.25, 0.3) is 11.4 Å². The molecule has 1 aromatic heterocycles. The molecule has 2 aromatic rings. The highest BCUT2D eigenvalue weighted by Gasteiger charge is 2.26. The lowest BCUT2D eigenvalue weighted by molar-refractivity contribution is 0.0730. The summed E-state index contributed by atoms with van der Waals surface area (Å²) in [4.78, 5) is 11.9. The van der Waals surface area contributed by atoms with Gasteiger partial charge in [-0.25, -0.2) is 8.42 Å². The van der Waals surface area contributed by atoms with Crippen LogP contribution >= 0.6 is 0 Å². The van der Waals surface area contributed by atoms with Crippen LogP contribution in [0.3, 0.4) is 0 Å². The molecule has 0 aliphatic carbocycles. The molecule has 0 saturated carbocycles. The Morgan fingerprint density at radius 3 is 2.09 bits per heavy atom. The summed E-state index contributed by atoms with van der Waals surface area (Å²) < 4.78 is 31.6. The normalized spacial score (nSPS) is 16.3. The lowest BCUT2D eigenvalue weighted by atomic mass is 10.2. The van der Waals surface area contributed by atoms with Gasteiger partial charge in [-0.05, 0) is 24.3 Å². The summed E-state index contributed by atoms with van der Waals surface area (Å²) >= 11 is 0. The fourth-order valence-corrected chi connectivity index (χ4v) is 3.66. The minimum atomic E-state index is -3.53. The molecule has 0 spiro atoms. The first-order valence-electron chi connectivity index (χ1n) is 6.92. The van der Waals surface area contributed by atoms with E-state index in [0.29, 0.717) is 37.7 Å². The quantitative estimate of drug-likeness (QED) is 0.781. The maximum absolute atomic E-state index is 12.5. The number of nitrogens with two attached hydrogens (primary N) is 2. The summed E-state index contributed by atoms with van der Waals surface area (Å²) in [6.45, 7) is 1.51. The fraction of sp³-hybridized carbons (Fsp3) is 0.308. The van der Waals surface area contributed by atoms with Crippen LogP contribution in [0.15, 0.2) is 29.2 Å². The maximum atomic E-state index is 12.5. The highest BCUT2D eigenvalue weighted by Crippen LogP contribution is 2.22. The number of rotatable bonds is 3. The number of sulfonamides is 1. The van der Waals surface area contributed by atoms with Crippen LogP contribution in [-0.2, 0) is 14.8 Å². The third-order valence-electron chi connectivity index (χ3n) is 3.39. The maximum Gasteiger partial charge on any atom is 0.243 e. The van der Waals surface area contributed by atoms with Crippen LogP contribution in [-0.4, -0.2) is 54.0 Å². The van der Waals surface area contributed by atoms with Gasteiger partial charge < -0.3 is 16.2 Å². The summed E-state index contributed by atoms with van der Waals surface area (Å²) in [5, 5.41) is 0. The predicted molar refractivity (Wildman–Crippen MR) is 83.7 cm³/mol. The first-order valence-corrected chi connectivity index (χ1v) is 8.36. The van der Waals surface area contributed by atoms with Gasteiger partial charge in [-0.1, -0.05) is 0 Å². The van der Waals surface area contributed by atoms with E-state index in [1.54, 1.807) is 12.1 Å². The second-order valence-electron chi connectivity index (χ2n) is 4.92. The van der Waals surface area contributed by atoms with Gasteiger partial charge >= 0.3 is 0 Å². The number of benzene rings is 1. The number of ether oxygens (including phenoxy) is 1. The molecule has 0 unspecified atom stereocenters. The topological polar surface area (TPSA) is 137 Å². The summed E-state index contributed by atoms with van der Waals surface area (Å²) in [5.41, 5.74) is 11.7. The monoisotopic (exact) mass is 336 g/mol. The molecular weight excluding hydrogens is 320 g/mol. The molecule has 4 N–H and O–H groups in total. The Morgan fingerprint density at radius 1 is 0.957 bits per heavy atom. The second-order valence-corrected chi connectivity index (χ2v) is 6.85. The van der Waals surface area contributed by atoms with Gasteiger partial charge in [-0.3, -0.25) is 0 Å². The molecule has 9 nitrogen and oxygen atoms in total. The standard InChI is InChI=1S/C13H16N6O3S/c14-12-16-11(17-13(15)18-12)9-1-3-10(4-2-9)23(20,21)19-5-7-22-8-6-19/h1-4H,5-8H2,(H4,14,15,16,17,18). The van der Waals surface area contributed by atoms with Crippen LogP contribution in [0.1, 0.15) is 0 Å². The number of hydrogen-bond donors (Lipinski definition) is 2. The molecule has 1 aromatic carbocycles. The van der Waals surface area contributed by atoms with E-state index in [1.165, 1.54) is 16.4 Å². The zero-order chi connectivity index (χ0) is 16.4. The molecule has 2 heterocycles. The summed E-state index contributed by atoms with van der Waals surface area (Å²) in [6, 6.07) is 6.25. The van der Waals surface area contributed by atoms with Crippen molar-refractivity contribution in [3.63, 3.8) is 0 Å². The molecule has 0 amide bonds. The molecule has 122 valence electrons. The van der Waals surface area contributed by atoms with Crippen molar-refractivity contribution in [3.05, 3.63) is 24.3 Å². The average molecular weight is 336 g/mol. The number of morpholine rings is 1. The summed E-state index contributed by atoms with van der Waals surface area (Å²) in [6.07, 6.45) is 0. The molecule has 1 fully saturated rings.